The van der Waals surface area contributed by atoms with E-state index in [-0.39, 0.29) is 11.7 Å². The fraction of sp³-hybridized carbons (Fsp3) is 0.167. The number of methoxy groups -OCH3 is 1. The van der Waals surface area contributed by atoms with Crippen LogP contribution in [0.5, 0.6) is 5.75 Å². The summed E-state index contributed by atoms with van der Waals surface area (Å²) in [6.45, 7) is 1.97. The van der Waals surface area contributed by atoms with Crippen LogP contribution in [0.15, 0.2) is 53.8 Å². The predicted molar refractivity (Wildman–Crippen MR) is 96.6 cm³/mol. The maximum absolute atomic E-state index is 12.3. The molecular weight excluding hydrogens is 322 g/mol. The molecule has 0 aliphatic carbocycles. The van der Waals surface area contributed by atoms with Crippen molar-refractivity contribution in [1.82, 2.24) is 9.97 Å². The number of para-hydroxylation sites is 1. The Hall–Kier alpha value is -2.60. The Bertz CT molecular complexity index is 878. The van der Waals surface area contributed by atoms with Crippen LogP contribution in [-0.4, -0.2) is 28.7 Å². The van der Waals surface area contributed by atoms with E-state index in [2.05, 4.69) is 15.3 Å². The zero-order valence-electron chi connectivity index (χ0n) is 13.4. The van der Waals surface area contributed by atoms with Gasteiger partial charge in [0, 0.05) is 5.39 Å². The molecule has 0 aliphatic rings. The second-order valence-corrected chi connectivity index (χ2v) is 6.20. The first-order valence-corrected chi connectivity index (χ1v) is 8.43. The molecule has 1 N–H and O–H groups in total. The van der Waals surface area contributed by atoms with Crippen molar-refractivity contribution in [2.45, 2.75) is 11.9 Å². The van der Waals surface area contributed by atoms with Crippen molar-refractivity contribution in [2.24, 2.45) is 0 Å². The molecule has 5 nitrogen and oxygen atoms in total. The molecule has 0 radical (unpaired) electrons. The largest absolute Gasteiger partial charge is 0.495 e. The van der Waals surface area contributed by atoms with Gasteiger partial charge in [0.1, 0.15) is 17.1 Å². The van der Waals surface area contributed by atoms with Crippen LogP contribution >= 0.6 is 11.8 Å². The van der Waals surface area contributed by atoms with Gasteiger partial charge in [-0.25, -0.2) is 9.97 Å². The predicted octanol–water partition coefficient (Wildman–Crippen LogP) is 3.68. The van der Waals surface area contributed by atoms with E-state index >= 15 is 0 Å². The summed E-state index contributed by atoms with van der Waals surface area (Å²) in [5.41, 5.74) is 2.60. The van der Waals surface area contributed by atoms with Crippen LogP contribution in [0.1, 0.15) is 5.56 Å². The van der Waals surface area contributed by atoms with E-state index in [4.69, 9.17) is 4.74 Å². The number of amides is 1. The molecule has 6 heteroatoms. The van der Waals surface area contributed by atoms with Crippen molar-refractivity contribution in [3.05, 3.63) is 54.4 Å². The molecule has 3 aromatic rings. The number of carbonyl (C=O) groups is 1. The Balaban J connectivity index is 1.71. The van der Waals surface area contributed by atoms with Crippen molar-refractivity contribution in [1.29, 1.82) is 0 Å². The molecule has 24 heavy (non-hydrogen) atoms. The van der Waals surface area contributed by atoms with Crippen molar-refractivity contribution in [3.63, 3.8) is 0 Å². The number of nitrogens with zero attached hydrogens (tertiary/aromatic N) is 2. The average molecular weight is 339 g/mol. The SMILES string of the molecule is COc1ccc(C)cc1NC(=O)CSc1ncnc2ccccc12. The van der Waals surface area contributed by atoms with Gasteiger partial charge in [0.15, 0.2) is 0 Å². The Morgan fingerprint density at radius 1 is 1.21 bits per heavy atom. The minimum Gasteiger partial charge on any atom is -0.495 e. The highest BCUT2D eigenvalue weighted by Gasteiger charge is 2.10. The minimum absolute atomic E-state index is 0.105. The third kappa shape index (κ3) is 3.65. The smallest absolute Gasteiger partial charge is 0.234 e. The molecule has 0 spiro atoms. The Morgan fingerprint density at radius 3 is 2.88 bits per heavy atom. The van der Waals surface area contributed by atoms with E-state index in [1.807, 2.05) is 49.4 Å². The van der Waals surface area contributed by atoms with Crippen LogP contribution in [0.4, 0.5) is 5.69 Å². The van der Waals surface area contributed by atoms with Gasteiger partial charge in [-0.15, -0.1) is 0 Å². The van der Waals surface area contributed by atoms with Crippen molar-refractivity contribution in [3.8, 4) is 5.75 Å². The molecule has 0 fully saturated rings. The zero-order valence-corrected chi connectivity index (χ0v) is 14.3. The molecule has 0 saturated carbocycles. The normalized spacial score (nSPS) is 10.6. The number of carbonyl (C=O) groups excluding carboxylic acids is 1. The van der Waals surface area contributed by atoms with Gasteiger partial charge in [0.05, 0.1) is 24.1 Å². The van der Waals surface area contributed by atoms with Gasteiger partial charge in [0.25, 0.3) is 0 Å². The number of thioether (sulfide) groups is 1. The van der Waals surface area contributed by atoms with E-state index in [0.717, 1.165) is 21.5 Å². The summed E-state index contributed by atoms with van der Waals surface area (Å²) >= 11 is 1.39. The zero-order chi connectivity index (χ0) is 16.9. The average Bonchev–Trinajstić information content (AvgIpc) is 2.60. The number of anilines is 1. The molecule has 0 unspecified atom stereocenters. The summed E-state index contributed by atoms with van der Waals surface area (Å²) in [7, 11) is 1.59. The maximum Gasteiger partial charge on any atom is 0.234 e. The summed E-state index contributed by atoms with van der Waals surface area (Å²) in [6.07, 6.45) is 1.52. The van der Waals surface area contributed by atoms with Gasteiger partial charge in [-0.3, -0.25) is 4.79 Å². The molecule has 0 saturated heterocycles. The van der Waals surface area contributed by atoms with E-state index < -0.39 is 0 Å². The van der Waals surface area contributed by atoms with Gasteiger partial charge >= 0.3 is 0 Å². The lowest BCUT2D eigenvalue weighted by molar-refractivity contribution is -0.113. The molecule has 122 valence electrons. The fourth-order valence-corrected chi connectivity index (χ4v) is 3.12. The molecule has 2 aromatic carbocycles. The Labute approximate surface area is 144 Å². The molecule has 1 heterocycles. The number of aryl methyl sites for hydroxylation is 1. The van der Waals surface area contributed by atoms with Gasteiger partial charge in [-0.2, -0.15) is 0 Å². The summed E-state index contributed by atoms with van der Waals surface area (Å²) in [6, 6.07) is 13.4. The van der Waals surface area contributed by atoms with Gasteiger partial charge in [-0.1, -0.05) is 36.0 Å². The van der Waals surface area contributed by atoms with E-state index in [9.17, 15) is 4.79 Å². The van der Waals surface area contributed by atoms with Gasteiger partial charge < -0.3 is 10.1 Å². The first-order chi connectivity index (χ1) is 11.7. The van der Waals surface area contributed by atoms with Crippen molar-refractivity contribution < 1.29 is 9.53 Å². The highest BCUT2D eigenvalue weighted by molar-refractivity contribution is 8.00. The molecule has 1 amide bonds. The molecule has 3 rings (SSSR count). The number of benzene rings is 2. The van der Waals surface area contributed by atoms with E-state index in [1.165, 1.54) is 18.1 Å². The number of fused-ring (bicyclic) bond motifs is 1. The monoisotopic (exact) mass is 339 g/mol. The Morgan fingerprint density at radius 2 is 2.04 bits per heavy atom. The number of nitrogens with one attached hydrogen (secondary N) is 1. The third-order valence-electron chi connectivity index (χ3n) is 3.48. The summed E-state index contributed by atoms with van der Waals surface area (Å²) in [5, 5.41) is 4.64. The summed E-state index contributed by atoms with van der Waals surface area (Å²) in [4.78, 5) is 20.8. The second kappa shape index (κ2) is 7.31. The van der Waals surface area contributed by atoms with E-state index in [1.54, 1.807) is 7.11 Å². The standard InChI is InChI=1S/C18H17N3O2S/c1-12-7-8-16(23-2)15(9-12)21-17(22)10-24-18-13-5-3-4-6-14(13)19-11-20-18/h3-9,11H,10H2,1-2H3,(H,21,22). The number of ether oxygens (including phenoxy) is 1. The molecule has 1 aromatic heterocycles. The number of rotatable bonds is 5. The first-order valence-electron chi connectivity index (χ1n) is 7.44. The van der Waals surface area contributed by atoms with Crippen LogP contribution in [0, 0.1) is 6.92 Å². The lowest BCUT2D eigenvalue weighted by Crippen LogP contribution is -2.15. The minimum atomic E-state index is -0.105. The molecular formula is C18H17N3O2S. The number of aromatic nitrogens is 2. The quantitative estimate of drug-likeness (QED) is 0.567. The lowest BCUT2D eigenvalue weighted by atomic mass is 10.2. The van der Waals surface area contributed by atoms with Crippen LogP contribution in [0.2, 0.25) is 0 Å². The number of hydrogen-bond donors (Lipinski definition) is 1. The van der Waals surface area contributed by atoms with Crippen LogP contribution in [0.3, 0.4) is 0 Å². The highest BCUT2D eigenvalue weighted by Crippen LogP contribution is 2.27. The van der Waals surface area contributed by atoms with Crippen LogP contribution in [-0.2, 0) is 4.79 Å². The maximum atomic E-state index is 12.3. The molecule has 0 bridgehead atoms. The second-order valence-electron chi connectivity index (χ2n) is 5.24. The molecule has 0 aliphatic heterocycles. The van der Waals surface area contributed by atoms with Gasteiger partial charge in [0.2, 0.25) is 5.91 Å². The third-order valence-corrected chi connectivity index (χ3v) is 4.48. The first kappa shape index (κ1) is 16.3. The summed E-state index contributed by atoms with van der Waals surface area (Å²) in [5.74, 6) is 0.802. The van der Waals surface area contributed by atoms with Crippen molar-refractivity contribution in [2.75, 3.05) is 18.2 Å². The topological polar surface area (TPSA) is 64.1 Å². The molecule has 0 atom stereocenters. The van der Waals surface area contributed by atoms with E-state index in [0.29, 0.717) is 11.4 Å². The number of hydrogen-bond acceptors (Lipinski definition) is 5. The highest BCUT2D eigenvalue weighted by atomic mass is 32.2. The van der Waals surface area contributed by atoms with Crippen molar-refractivity contribution >= 4 is 34.3 Å². The fourth-order valence-electron chi connectivity index (χ4n) is 2.33. The van der Waals surface area contributed by atoms with Crippen LogP contribution in [0.25, 0.3) is 10.9 Å². The van der Waals surface area contributed by atoms with Gasteiger partial charge in [-0.05, 0) is 30.7 Å². The Kier molecular flexibility index (Phi) is 4.96. The lowest BCUT2D eigenvalue weighted by Gasteiger charge is -2.11. The summed E-state index contributed by atoms with van der Waals surface area (Å²) < 4.78 is 5.28. The van der Waals surface area contributed by atoms with Crippen LogP contribution < -0.4 is 10.1 Å².